The van der Waals surface area contributed by atoms with Crippen molar-refractivity contribution < 1.29 is 9.47 Å². The molecule has 2 aliphatic rings. The highest BCUT2D eigenvalue weighted by Crippen LogP contribution is 2.42. The molecule has 1 fully saturated rings. The van der Waals surface area contributed by atoms with E-state index in [2.05, 4.69) is 34.2 Å². The second kappa shape index (κ2) is 5.71. The minimum Gasteiger partial charge on any atom is -0.486 e. The number of fused-ring (bicyclic) bond motifs is 1. The van der Waals surface area contributed by atoms with Crippen molar-refractivity contribution in [3.05, 3.63) is 21.7 Å². The van der Waals surface area contributed by atoms with E-state index in [-0.39, 0.29) is 0 Å². The van der Waals surface area contributed by atoms with Gasteiger partial charge in [-0.2, -0.15) is 0 Å². The third-order valence-electron chi connectivity index (χ3n) is 4.03. The zero-order chi connectivity index (χ0) is 13.2. The van der Waals surface area contributed by atoms with Gasteiger partial charge in [0.05, 0.1) is 4.47 Å². The lowest BCUT2D eigenvalue weighted by Crippen LogP contribution is -2.31. The average molecular weight is 326 g/mol. The Morgan fingerprint density at radius 1 is 1.32 bits per heavy atom. The Morgan fingerprint density at radius 2 is 2.11 bits per heavy atom. The fraction of sp³-hybridized carbons (Fsp3) is 0.600. The van der Waals surface area contributed by atoms with Crippen molar-refractivity contribution in [3.63, 3.8) is 0 Å². The Bertz CT molecular complexity index is 470. The first kappa shape index (κ1) is 13.3. The van der Waals surface area contributed by atoms with Gasteiger partial charge in [0.2, 0.25) is 0 Å². The first-order chi connectivity index (χ1) is 9.25. The molecule has 3 rings (SSSR count). The topological polar surface area (TPSA) is 30.5 Å². The Labute approximate surface area is 122 Å². The van der Waals surface area contributed by atoms with Gasteiger partial charge in [-0.15, -0.1) is 0 Å². The van der Waals surface area contributed by atoms with Crippen molar-refractivity contribution >= 4 is 15.9 Å². The third kappa shape index (κ3) is 2.75. The van der Waals surface area contributed by atoms with Crippen molar-refractivity contribution in [3.8, 4) is 11.5 Å². The number of halogens is 1. The van der Waals surface area contributed by atoms with Crippen LogP contribution >= 0.6 is 15.9 Å². The SMILES string of the molecule is Cc1c(CC2CCCNC2)cc(Br)c2c1OCCO2. The number of benzene rings is 1. The highest BCUT2D eigenvalue weighted by Gasteiger charge is 2.22. The molecule has 1 unspecified atom stereocenters. The number of hydrogen-bond acceptors (Lipinski definition) is 3. The quantitative estimate of drug-likeness (QED) is 0.906. The minimum atomic E-state index is 0.636. The summed E-state index contributed by atoms with van der Waals surface area (Å²) >= 11 is 3.61. The van der Waals surface area contributed by atoms with E-state index in [1.54, 1.807) is 0 Å². The summed E-state index contributed by atoms with van der Waals surface area (Å²) in [6.07, 6.45) is 3.72. The summed E-state index contributed by atoms with van der Waals surface area (Å²) in [6.45, 7) is 5.73. The van der Waals surface area contributed by atoms with E-state index in [9.17, 15) is 0 Å². The first-order valence-electron chi connectivity index (χ1n) is 7.04. The number of piperidine rings is 1. The van der Waals surface area contributed by atoms with Crippen molar-refractivity contribution in [2.75, 3.05) is 26.3 Å². The molecule has 2 heterocycles. The van der Waals surface area contributed by atoms with Crippen LogP contribution in [0.25, 0.3) is 0 Å². The predicted octanol–water partition coefficient (Wildman–Crippen LogP) is 3.07. The van der Waals surface area contributed by atoms with Gasteiger partial charge in [-0.05, 0) is 78.3 Å². The second-order valence-corrected chi connectivity index (χ2v) is 6.27. The van der Waals surface area contributed by atoms with Crippen molar-refractivity contribution in [1.82, 2.24) is 5.32 Å². The highest BCUT2D eigenvalue weighted by atomic mass is 79.9. The lowest BCUT2D eigenvalue weighted by molar-refractivity contribution is 0.169. The Balaban J connectivity index is 1.86. The molecule has 0 aliphatic carbocycles. The molecule has 0 aromatic heterocycles. The first-order valence-corrected chi connectivity index (χ1v) is 7.83. The molecule has 1 atom stereocenters. The van der Waals surface area contributed by atoms with E-state index >= 15 is 0 Å². The largest absolute Gasteiger partial charge is 0.486 e. The number of nitrogens with one attached hydrogen (secondary N) is 1. The number of ether oxygens (including phenoxy) is 2. The van der Waals surface area contributed by atoms with Crippen LogP contribution in [-0.4, -0.2) is 26.3 Å². The highest BCUT2D eigenvalue weighted by molar-refractivity contribution is 9.10. The van der Waals surface area contributed by atoms with Gasteiger partial charge < -0.3 is 14.8 Å². The van der Waals surface area contributed by atoms with Crippen LogP contribution in [-0.2, 0) is 6.42 Å². The Hall–Kier alpha value is -0.740. The molecule has 1 aromatic rings. The van der Waals surface area contributed by atoms with Crippen LogP contribution in [0.3, 0.4) is 0 Å². The minimum absolute atomic E-state index is 0.636. The van der Waals surface area contributed by atoms with Gasteiger partial charge in [0, 0.05) is 0 Å². The van der Waals surface area contributed by atoms with Gasteiger partial charge in [-0.25, -0.2) is 0 Å². The van der Waals surface area contributed by atoms with Crippen molar-refractivity contribution in [2.45, 2.75) is 26.2 Å². The molecular weight excluding hydrogens is 306 g/mol. The molecule has 1 aromatic carbocycles. The fourth-order valence-electron chi connectivity index (χ4n) is 2.97. The van der Waals surface area contributed by atoms with Gasteiger partial charge in [0.25, 0.3) is 0 Å². The van der Waals surface area contributed by atoms with Gasteiger partial charge in [0.1, 0.15) is 13.2 Å². The summed E-state index contributed by atoms with van der Waals surface area (Å²) in [7, 11) is 0. The van der Waals surface area contributed by atoms with Crippen molar-refractivity contribution in [2.24, 2.45) is 5.92 Å². The molecule has 1 N–H and O–H groups in total. The molecule has 0 saturated carbocycles. The van der Waals surface area contributed by atoms with E-state index in [0.29, 0.717) is 13.2 Å². The van der Waals surface area contributed by atoms with Crippen LogP contribution in [0.5, 0.6) is 11.5 Å². The van der Waals surface area contributed by atoms with Gasteiger partial charge in [0.15, 0.2) is 11.5 Å². The fourth-order valence-corrected chi connectivity index (χ4v) is 3.54. The van der Waals surface area contributed by atoms with Gasteiger partial charge in [-0.1, -0.05) is 0 Å². The summed E-state index contributed by atoms with van der Waals surface area (Å²) in [4.78, 5) is 0. The van der Waals surface area contributed by atoms with Crippen LogP contribution in [0.2, 0.25) is 0 Å². The van der Waals surface area contributed by atoms with Crippen LogP contribution in [0.15, 0.2) is 10.5 Å². The maximum Gasteiger partial charge on any atom is 0.175 e. The molecular formula is C15H20BrNO2. The maximum atomic E-state index is 5.79. The lowest BCUT2D eigenvalue weighted by atomic mass is 9.90. The Morgan fingerprint density at radius 3 is 2.84 bits per heavy atom. The normalized spacial score (nSPS) is 22.3. The Kier molecular flexibility index (Phi) is 3.99. The van der Waals surface area contributed by atoms with E-state index in [0.717, 1.165) is 34.9 Å². The zero-order valence-electron chi connectivity index (χ0n) is 11.3. The molecule has 19 heavy (non-hydrogen) atoms. The molecule has 104 valence electrons. The van der Waals surface area contributed by atoms with Gasteiger partial charge >= 0.3 is 0 Å². The average Bonchev–Trinajstić information content (AvgIpc) is 2.46. The molecule has 2 aliphatic heterocycles. The zero-order valence-corrected chi connectivity index (χ0v) is 12.9. The molecule has 0 spiro atoms. The van der Waals surface area contributed by atoms with E-state index in [1.807, 2.05) is 0 Å². The van der Waals surface area contributed by atoms with Crippen LogP contribution in [0, 0.1) is 12.8 Å². The number of rotatable bonds is 2. The summed E-state index contributed by atoms with van der Waals surface area (Å²) < 4.78 is 12.5. The third-order valence-corrected chi connectivity index (χ3v) is 4.62. The summed E-state index contributed by atoms with van der Waals surface area (Å²) in [6, 6.07) is 2.21. The second-order valence-electron chi connectivity index (χ2n) is 5.41. The van der Waals surface area contributed by atoms with Crippen LogP contribution in [0.4, 0.5) is 0 Å². The molecule has 0 bridgehead atoms. The molecule has 1 saturated heterocycles. The van der Waals surface area contributed by atoms with Crippen LogP contribution < -0.4 is 14.8 Å². The maximum absolute atomic E-state index is 5.79. The molecule has 0 radical (unpaired) electrons. The lowest BCUT2D eigenvalue weighted by Gasteiger charge is -2.26. The van der Waals surface area contributed by atoms with E-state index in [4.69, 9.17) is 9.47 Å². The van der Waals surface area contributed by atoms with Gasteiger partial charge in [-0.3, -0.25) is 0 Å². The molecule has 3 nitrogen and oxygen atoms in total. The smallest absolute Gasteiger partial charge is 0.175 e. The molecule has 4 heteroatoms. The summed E-state index contributed by atoms with van der Waals surface area (Å²) in [5, 5.41) is 3.48. The van der Waals surface area contributed by atoms with Crippen LogP contribution in [0.1, 0.15) is 24.0 Å². The monoisotopic (exact) mass is 325 g/mol. The molecule has 0 amide bonds. The van der Waals surface area contributed by atoms with Crippen molar-refractivity contribution in [1.29, 1.82) is 0 Å². The predicted molar refractivity (Wildman–Crippen MR) is 79.2 cm³/mol. The summed E-state index contributed by atoms with van der Waals surface area (Å²) in [5.74, 6) is 2.54. The summed E-state index contributed by atoms with van der Waals surface area (Å²) in [5.41, 5.74) is 2.62. The van der Waals surface area contributed by atoms with E-state index < -0.39 is 0 Å². The van der Waals surface area contributed by atoms with E-state index in [1.165, 1.54) is 30.5 Å². The number of hydrogen-bond donors (Lipinski definition) is 1. The standard InChI is InChI=1S/C15H20BrNO2/c1-10-12(7-11-3-2-4-17-9-11)8-13(16)15-14(10)18-5-6-19-15/h8,11,17H,2-7,9H2,1H3.